The molecule has 2 aliphatic heterocycles. The number of rotatable bonds is 7. The van der Waals surface area contributed by atoms with Gasteiger partial charge >= 0.3 is 0 Å². The summed E-state index contributed by atoms with van der Waals surface area (Å²) in [4.78, 5) is 25.4. The number of allylic oxidation sites excluding steroid dienone is 1. The van der Waals surface area contributed by atoms with Gasteiger partial charge in [-0.15, -0.1) is 0 Å². The highest BCUT2D eigenvalue weighted by Gasteiger charge is 2.25. The maximum atomic E-state index is 12.3. The Hall–Kier alpha value is -4.50. The van der Waals surface area contributed by atoms with Gasteiger partial charge in [-0.1, -0.05) is 13.3 Å². The number of aromatic nitrogens is 2. The molecule has 1 amide bonds. The number of ether oxygens (including phenoxy) is 2. The number of pyridine rings is 2. The molecule has 1 aromatic carbocycles. The summed E-state index contributed by atoms with van der Waals surface area (Å²) in [5, 5.41) is 7.33. The van der Waals surface area contributed by atoms with Gasteiger partial charge < -0.3 is 24.5 Å². The molecular weight excluding hydrogens is 542 g/mol. The van der Waals surface area contributed by atoms with Crippen LogP contribution >= 0.6 is 0 Å². The minimum Gasteiger partial charge on any atom is -0.497 e. The quantitative estimate of drug-likeness (QED) is 0.288. The summed E-state index contributed by atoms with van der Waals surface area (Å²) in [5.41, 5.74) is 5.48. The Morgan fingerprint density at radius 2 is 2.07 bits per heavy atom. The first-order valence-electron chi connectivity index (χ1n) is 14.8. The lowest BCUT2D eigenvalue weighted by Crippen LogP contribution is -2.51. The van der Waals surface area contributed by atoms with Gasteiger partial charge in [0.25, 0.3) is 5.91 Å². The molecule has 0 spiro atoms. The molecule has 1 fully saturated rings. The van der Waals surface area contributed by atoms with Crippen molar-refractivity contribution in [3.05, 3.63) is 89.7 Å². The summed E-state index contributed by atoms with van der Waals surface area (Å²) in [6.07, 6.45) is 13.3. The van der Waals surface area contributed by atoms with Gasteiger partial charge in [-0.25, -0.2) is 4.98 Å². The molecule has 224 valence electrons. The van der Waals surface area contributed by atoms with Crippen molar-refractivity contribution in [2.24, 2.45) is 10.9 Å². The molecule has 0 radical (unpaired) electrons. The van der Waals surface area contributed by atoms with Crippen LogP contribution in [-0.2, 0) is 0 Å². The second kappa shape index (κ2) is 14.6. The van der Waals surface area contributed by atoms with E-state index in [2.05, 4.69) is 39.7 Å². The first-order chi connectivity index (χ1) is 21.1. The van der Waals surface area contributed by atoms with Crippen molar-refractivity contribution >= 4 is 28.7 Å². The molecule has 3 aromatic heterocycles. The molecule has 6 rings (SSSR count). The molecule has 2 aliphatic rings. The van der Waals surface area contributed by atoms with Crippen molar-refractivity contribution in [3.8, 4) is 11.5 Å². The molecule has 0 saturated carbocycles. The van der Waals surface area contributed by atoms with E-state index in [-0.39, 0.29) is 11.9 Å². The molecular formula is C34H39N5O4. The fourth-order valence-electron chi connectivity index (χ4n) is 5.53. The zero-order valence-electron chi connectivity index (χ0n) is 25.0. The largest absolute Gasteiger partial charge is 0.497 e. The molecule has 2 unspecified atom stereocenters. The fourth-order valence-corrected chi connectivity index (χ4v) is 5.53. The van der Waals surface area contributed by atoms with Crippen LogP contribution < -0.4 is 20.1 Å². The highest BCUT2D eigenvalue weighted by atomic mass is 16.5. The number of aliphatic imine (C=N–C) groups is 1. The zero-order chi connectivity index (χ0) is 30.0. The smallest absolute Gasteiger partial charge is 0.270 e. The fraction of sp³-hybridized carbons (Fsp3) is 0.353. The van der Waals surface area contributed by atoms with Crippen LogP contribution in [0.4, 0.5) is 0 Å². The summed E-state index contributed by atoms with van der Waals surface area (Å²) in [6, 6.07) is 13.6. The summed E-state index contributed by atoms with van der Waals surface area (Å²) >= 11 is 0. The van der Waals surface area contributed by atoms with Gasteiger partial charge in [0.05, 0.1) is 32.4 Å². The van der Waals surface area contributed by atoms with E-state index >= 15 is 0 Å². The molecule has 0 aliphatic carbocycles. The molecule has 2 atom stereocenters. The van der Waals surface area contributed by atoms with Crippen molar-refractivity contribution in [3.63, 3.8) is 0 Å². The molecule has 4 aromatic rings. The van der Waals surface area contributed by atoms with Gasteiger partial charge in [-0.2, -0.15) is 0 Å². The topological polar surface area (TPSA) is 111 Å². The second-order valence-corrected chi connectivity index (χ2v) is 10.6. The van der Waals surface area contributed by atoms with E-state index in [0.29, 0.717) is 17.2 Å². The van der Waals surface area contributed by atoms with Gasteiger partial charge in [0, 0.05) is 54.1 Å². The number of amides is 1. The summed E-state index contributed by atoms with van der Waals surface area (Å²) in [6.45, 7) is 4.90. The van der Waals surface area contributed by atoms with Crippen molar-refractivity contribution in [2.75, 3.05) is 33.9 Å². The lowest BCUT2D eigenvalue weighted by atomic mass is 9.90. The number of furan rings is 1. The predicted molar refractivity (Wildman–Crippen MR) is 169 cm³/mol. The predicted octanol–water partition coefficient (Wildman–Crippen LogP) is 5.71. The maximum absolute atomic E-state index is 12.3. The first kappa shape index (κ1) is 30.0. The average molecular weight is 582 g/mol. The van der Waals surface area contributed by atoms with Crippen molar-refractivity contribution in [1.82, 2.24) is 20.6 Å². The Morgan fingerprint density at radius 1 is 1.16 bits per heavy atom. The SMILES string of the molecule is CCC1CCNCC1NC(=O)c1cc2ccoc2cn1.COc1ccc(/C=C2\CCCN=C2c2cccnc2)c(OC)c1. The number of carbonyl (C=O) groups is 1. The number of benzene rings is 1. The summed E-state index contributed by atoms with van der Waals surface area (Å²) < 4.78 is 16.0. The standard InChI is InChI=1S/C19H20N2O2.C15H19N3O2/c1-22-17-8-7-14(18(12-17)23-2)11-15-5-4-10-21-19(15)16-6-3-9-20-13-16;1-2-10-3-5-16-8-13(10)18-15(19)12-7-11-4-6-20-14(11)9-17-12/h3,6-9,11-13H,4-5,10H2,1-2H3;4,6-7,9-10,13,16H,2-3,5,8H2,1H3,(H,18,19)/b15-11+;. The molecule has 0 bridgehead atoms. The molecule has 1 saturated heterocycles. The van der Waals surface area contributed by atoms with Crippen LogP contribution in [0.1, 0.15) is 54.2 Å². The Bertz CT molecular complexity index is 1580. The Kier molecular flexibility index (Phi) is 10.2. The van der Waals surface area contributed by atoms with Gasteiger partial charge in [-0.05, 0) is 79.8 Å². The third kappa shape index (κ3) is 7.48. The van der Waals surface area contributed by atoms with Crippen LogP contribution in [0.2, 0.25) is 0 Å². The normalized spacial score (nSPS) is 19.2. The minimum absolute atomic E-state index is 0.111. The highest BCUT2D eigenvalue weighted by Crippen LogP contribution is 2.29. The van der Waals surface area contributed by atoms with E-state index < -0.39 is 0 Å². The van der Waals surface area contributed by atoms with Gasteiger partial charge in [0.2, 0.25) is 0 Å². The highest BCUT2D eigenvalue weighted by molar-refractivity contribution is 6.15. The van der Waals surface area contributed by atoms with E-state index in [4.69, 9.17) is 18.9 Å². The van der Waals surface area contributed by atoms with Crippen LogP contribution in [-0.4, -0.2) is 61.5 Å². The van der Waals surface area contributed by atoms with Gasteiger partial charge in [-0.3, -0.25) is 14.8 Å². The van der Waals surface area contributed by atoms with Gasteiger partial charge in [0.15, 0.2) is 5.58 Å². The van der Waals surface area contributed by atoms with Crippen LogP contribution in [0, 0.1) is 5.92 Å². The second-order valence-electron chi connectivity index (χ2n) is 10.6. The number of nitrogens with one attached hydrogen (secondary N) is 2. The number of methoxy groups -OCH3 is 2. The molecule has 9 heteroatoms. The Balaban J connectivity index is 0.000000173. The summed E-state index contributed by atoms with van der Waals surface area (Å²) in [7, 11) is 3.33. The molecule has 9 nitrogen and oxygen atoms in total. The zero-order valence-corrected chi connectivity index (χ0v) is 25.0. The van der Waals surface area contributed by atoms with Gasteiger partial charge in [0.1, 0.15) is 17.2 Å². The molecule has 2 N–H and O–H groups in total. The van der Waals surface area contributed by atoms with E-state index in [9.17, 15) is 4.79 Å². The van der Waals surface area contributed by atoms with Crippen molar-refractivity contribution in [1.29, 1.82) is 0 Å². The number of carbonyl (C=O) groups excluding carboxylic acids is 1. The monoisotopic (exact) mass is 581 g/mol. The average Bonchev–Trinajstić information content (AvgIpc) is 3.54. The summed E-state index contributed by atoms with van der Waals surface area (Å²) in [5.74, 6) is 2.01. The van der Waals surface area contributed by atoms with E-state index in [1.54, 1.807) is 38.9 Å². The van der Waals surface area contributed by atoms with Crippen molar-refractivity contribution in [2.45, 2.75) is 38.6 Å². The molecule has 43 heavy (non-hydrogen) atoms. The maximum Gasteiger partial charge on any atom is 0.270 e. The van der Waals surface area contributed by atoms with E-state index in [0.717, 1.165) is 79.0 Å². The number of hydrogen-bond donors (Lipinski definition) is 2. The van der Waals surface area contributed by atoms with Crippen LogP contribution in [0.15, 0.2) is 82.3 Å². The minimum atomic E-state index is -0.111. The third-order valence-corrected chi connectivity index (χ3v) is 7.92. The van der Waals surface area contributed by atoms with Crippen LogP contribution in [0.3, 0.4) is 0 Å². The number of fused-ring (bicyclic) bond motifs is 1. The molecule has 5 heterocycles. The Labute approximate surface area is 252 Å². The van der Waals surface area contributed by atoms with Crippen LogP contribution in [0.5, 0.6) is 11.5 Å². The number of hydrogen-bond acceptors (Lipinski definition) is 8. The number of nitrogens with zero attached hydrogens (tertiary/aromatic N) is 3. The number of piperidine rings is 1. The lowest BCUT2D eigenvalue weighted by Gasteiger charge is -2.32. The first-order valence-corrected chi connectivity index (χ1v) is 14.8. The van der Waals surface area contributed by atoms with Crippen molar-refractivity contribution < 1.29 is 18.7 Å². The van der Waals surface area contributed by atoms with E-state index in [1.807, 2.05) is 36.5 Å². The van der Waals surface area contributed by atoms with Crippen LogP contribution in [0.25, 0.3) is 17.0 Å². The Morgan fingerprint density at radius 3 is 2.86 bits per heavy atom. The third-order valence-electron chi connectivity index (χ3n) is 7.92. The lowest BCUT2D eigenvalue weighted by molar-refractivity contribution is 0.0905. The van der Waals surface area contributed by atoms with E-state index in [1.165, 1.54) is 5.57 Å².